The summed E-state index contributed by atoms with van der Waals surface area (Å²) in [4.78, 5) is 18.7. The number of aryl methyl sites for hydroxylation is 1. The van der Waals surface area contributed by atoms with Crippen LogP contribution in [0.3, 0.4) is 0 Å². The number of rotatable bonds is 8. The molecule has 5 heteroatoms. The molecule has 1 amide bonds. The Bertz CT molecular complexity index is 1080. The van der Waals surface area contributed by atoms with Crippen molar-refractivity contribution in [1.29, 1.82) is 0 Å². The monoisotopic (exact) mass is 532 g/mol. The zero-order valence-electron chi connectivity index (χ0n) is 24.4. The highest BCUT2D eigenvalue weighted by molar-refractivity contribution is 5.95. The van der Waals surface area contributed by atoms with Gasteiger partial charge in [-0.1, -0.05) is 37.5 Å². The summed E-state index contributed by atoms with van der Waals surface area (Å²) >= 11 is 0. The van der Waals surface area contributed by atoms with Gasteiger partial charge in [-0.3, -0.25) is 4.79 Å². The van der Waals surface area contributed by atoms with Crippen molar-refractivity contribution in [2.24, 2.45) is 11.8 Å². The predicted octanol–water partition coefficient (Wildman–Crippen LogP) is 7.51. The normalized spacial score (nSPS) is 23.0. The fourth-order valence-electron chi connectivity index (χ4n) is 7.19. The SMILES string of the molecule is COc1ccc([C@H]2CC[C@H](CN(C(=O)C3CCCCC3)c3cccc(N4CCC(OC)CC4)c3)CC2)cc1C. The molecule has 2 aromatic rings. The number of hydrogen-bond acceptors (Lipinski definition) is 4. The standard InChI is InChI=1S/C34H48N2O3/c1-25-22-29(16-17-33(25)39-3)27-14-12-26(13-15-27)24-36(34(37)28-8-5-4-6-9-28)31-11-7-10-30(23-31)35-20-18-32(38-2)19-21-35/h7,10-11,16-17,22-23,26-28,32H,4-6,8-9,12-15,18-21,24H2,1-3H3/t26-,27-. The van der Waals surface area contributed by atoms with Gasteiger partial charge in [-0.25, -0.2) is 0 Å². The molecule has 2 saturated carbocycles. The third-order valence-corrected chi connectivity index (χ3v) is 9.68. The molecular weight excluding hydrogens is 484 g/mol. The van der Waals surface area contributed by atoms with Crippen LogP contribution in [0.5, 0.6) is 5.75 Å². The Labute approximate surface area is 235 Å². The first-order valence-electron chi connectivity index (χ1n) is 15.4. The summed E-state index contributed by atoms with van der Waals surface area (Å²) in [5.41, 5.74) is 4.98. The van der Waals surface area contributed by atoms with Crippen LogP contribution in [-0.4, -0.2) is 45.9 Å². The summed E-state index contributed by atoms with van der Waals surface area (Å²) < 4.78 is 11.1. The molecule has 0 unspecified atom stereocenters. The van der Waals surface area contributed by atoms with E-state index in [-0.39, 0.29) is 5.92 Å². The number of piperidine rings is 1. The third-order valence-electron chi connectivity index (χ3n) is 9.68. The van der Waals surface area contributed by atoms with Crippen LogP contribution in [0.1, 0.15) is 87.7 Å². The van der Waals surface area contributed by atoms with Crippen molar-refractivity contribution >= 4 is 17.3 Å². The van der Waals surface area contributed by atoms with Crippen molar-refractivity contribution < 1.29 is 14.3 Å². The fourth-order valence-corrected chi connectivity index (χ4v) is 7.19. The maximum atomic E-state index is 14.0. The van der Waals surface area contributed by atoms with E-state index in [9.17, 15) is 4.79 Å². The molecule has 1 saturated heterocycles. The van der Waals surface area contributed by atoms with Crippen LogP contribution in [0.25, 0.3) is 0 Å². The Morgan fingerprint density at radius 1 is 0.897 bits per heavy atom. The summed E-state index contributed by atoms with van der Waals surface area (Å²) in [5, 5.41) is 0. The Morgan fingerprint density at radius 3 is 2.31 bits per heavy atom. The van der Waals surface area contributed by atoms with E-state index in [0.29, 0.717) is 23.8 Å². The summed E-state index contributed by atoms with van der Waals surface area (Å²) in [6, 6.07) is 15.5. The fraction of sp³-hybridized carbons (Fsp3) is 0.618. The number of anilines is 2. The molecule has 0 atom stereocenters. The number of amides is 1. The molecule has 3 aliphatic rings. The number of carbonyl (C=O) groups is 1. The van der Waals surface area contributed by atoms with Gasteiger partial charge < -0.3 is 19.3 Å². The predicted molar refractivity (Wildman–Crippen MR) is 160 cm³/mol. The first-order chi connectivity index (χ1) is 19.1. The molecule has 3 fully saturated rings. The summed E-state index contributed by atoms with van der Waals surface area (Å²) in [5.74, 6) is 2.66. The summed E-state index contributed by atoms with van der Waals surface area (Å²) in [6.45, 7) is 5.00. The second-order valence-electron chi connectivity index (χ2n) is 12.2. The summed E-state index contributed by atoms with van der Waals surface area (Å²) in [7, 11) is 3.56. The van der Waals surface area contributed by atoms with Crippen molar-refractivity contribution in [1.82, 2.24) is 0 Å². The van der Waals surface area contributed by atoms with Gasteiger partial charge in [-0.05, 0) is 106 Å². The summed E-state index contributed by atoms with van der Waals surface area (Å²) in [6.07, 6.45) is 12.9. The molecule has 1 aliphatic heterocycles. The lowest BCUT2D eigenvalue weighted by molar-refractivity contribution is -0.123. The molecule has 5 nitrogen and oxygen atoms in total. The molecule has 0 spiro atoms. The zero-order valence-corrected chi connectivity index (χ0v) is 24.4. The molecule has 0 bridgehead atoms. The lowest BCUT2D eigenvalue weighted by Gasteiger charge is -2.36. The van der Waals surface area contributed by atoms with Gasteiger partial charge in [-0.2, -0.15) is 0 Å². The first-order valence-corrected chi connectivity index (χ1v) is 15.4. The van der Waals surface area contributed by atoms with Crippen molar-refractivity contribution in [2.75, 3.05) is 43.7 Å². The quantitative estimate of drug-likeness (QED) is 0.353. The number of carbonyl (C=O) groups excluding carboxylic acids is 1. The van der Waals surface area contributed by atoms with Crippen LogP contribution in [0.4, 0.5) is 11.4 Å². The van der Waals surface area contributed by atoms with E-state index >= 15 is 0 Å². The minimum atomic E-state index is 0.179. The molecule has 0 N–H and O–H groups in total. The van der Waals surface area contributed by atoms with E-state index < -0.39 is 0 Å². The molecule has 2 aliphatic carbocycles. The number of ether oxygens (including phenoxy) is 2. The van der Waals surface area contributed by atoms with E-state index in [2.05, 4.69) is 59.2 Å². The van der Waals surface area contributed by atoms with Gasteiger partial charge in [-0.15, -0.1) is 0 Å². The van der Waals surface area contributed by atoms with Crippen molar-refractivity contribution in [3.05, 3.63) is 53.6 Å². The van der Waals surface area contributed by atoms with Crippen LogP contribution in [0.2, 0.25) is 0 Å². The van der Waals surface area contributed by atoms with Crippen LogP contribution >= 0.6 is 0 Å². The minimum Gasteiger partial charge on any atom is -0.496 e. The molecule has 39 heavy (non-hydrogen) atoms. The van der Waals surface area contributed by atoms with Gasteiger partial charge in [0.1, 0.15) is 5.75 Å². The lowest BCUT2D eigenvalue weighted by atomic mass is 9.78. The number of hydrogen-bond donors (Lipinski definition) is 0. The zero-order chi connectivity index (χ0) is 27.2. The van der Waals surface area contributed by atoms with Crippen molar-refractivity contribution in [3.8, 4) is 5.75 Å². The first kappa shape index (κ1) is 28.0. The topological polar surface area (TPSA) is 42.0 Å². The second kappa shape index (κ2) is 13.2. The lowest BCUT2D eigenvalue weighted by Crippen LogP contribution is -2.41. The molecule has 0 aromatic heterocycles. The smallest absolute Gasteiger partial charge is 0.230 e. The Hall–Kier alpha value is -2.53. The van der Waals surface area contributed by atoms with Gasteiger partial charge in [0.25, 0.3) is 0 Å². The third kappa shape index (κ3) is 6.80. The van der Waals surface area contributed by atoms with Gasteiger partial charge in [0.05, 0.1) is 13.2 Å². The largest absolute Gasteiger partial charge is 0.496 e. The van der Waals surface area contributed by atoms with Crippen LogP contribution in [0.15, 0.2) is 42.5 Å². The van der Waals surface area contributed by atoms with Crippen LogP contribution in [-0.2, 0) is 9.53 Å². The van der Waals surface area contributed by atoms with E-state index in [4.69, 9.17) is 9.47 Å². The van der Waals surface area contributed by atoms with Gasteiger partial charge >= 0.3 is 0 Å². The Morgan fingerprint density at radius 2 is 1.64 bits per heavy atom. The highest BCUT2D eigenvalue weighted by Gasteiger charge is 2.31. The van der Waals surface area contributed by atoms with Gasteiger partial charge in [0.15, 0.2) is 0 Å². The minimum absolute atomic E-state index is 0.179. The van der Waals surface area contributed by atoms with Crippen molar-refractivity contribution in [2.45, 2.75) is 89.6 Å². The highest BCUT2D eigenvalue weighted by atomic mass is 16.5. The second-order valence-corrected chi connectivity index (χ2v) is 12.2. The molecule has 1 heterocycles. The van der Waals surface area contributed by atoms with Crippen LogP contribution in [0, 0.1) is 18.8 Å². The molecule has 212 valence electrons. The highest BCUT2D eigenvalue weighted by Crippen LogP contribution is 2.39. The van der Waals surface area contributed by atoms with E-state index in [0.717, 1.165) is 56.8 Å². The maximum absolute atomic E-state index is 14.0. The molecule has 2 aromatic carbocycles. The van der Waals surface area contributed by atoms with E-state index in [1.807, 2.05) is 7.11 Å². The molecule has 0 radical (unpaired) electrons. The number of benzene rings is 2. The number of methoxy groups -OCH3 is 2. The van der Waals surface area contributed by atoms with E-state index in [1.165, 1.54) is 61.8 Å². The average molecular weight is 533 g/mol. The van der Waals surface area contributed by atoms with Gasteiger partial charge in [0, 0.05) is 44.0 Å². The number of nitrogens with zero attached hydrogens (tertiary/aromatic N) is 2. The maximum Gasteiger partial charge on any atom is 0.230 e. The van der Waals surface area contributed by atoms with Crippen molar-refractivity contribution in [3.63, 3.8) is 0 Å². The molecule has 5 rings (SSSR count). The Balaban J connectivity index is 1.29. The average Bonchev–Trinajstić information content (AvgIpc) is 3.00. The Kier molecular flexibility index (Phi) is 9.49. The van der Waals surface area contributed by atoms with Gasteiger partial charge in [0.2, 0.25) is 5.91 Å². The van der Waals surface area contributed by atoms with Crippen LogP contribution < -0.4 is 14.5 Å². The molecular formula is C34H48N2O3. The van der Waals surface area contributed by atoms with E-state index in [1.54, 1.807) is 7.11 Å².